The highest BCUT2D eigenvalue weighted by Gasteiger charge is 2.07. The number of anilines is 2. The summed E-state index contributed by atoms with van der Waals surface area (Å²) in [6.45, 7) is 2.80. The molecule has 0 aliphatic heterocycles. The Morgan fingerprint density at radius 2 is 1.71 bits per heavy atom. The van der Waals surface area contributed by atoms with Gasteiger partial charge in [-0.2, -0.15) is 0 Å². The molecule has 1 amide bonds. The third kappa shape index (κ3) is 5.48. The van der Waals surface area contributed by atoms with Crippen molar-refractivity contribution >= 4 is 17.4 Å². The summed E-state index contributed by atoms with van der Waals surface area (Å²) in [6, 6.07) is 18.7. The van der Waals surface area contributed by atoms with Gasteiger partial charge in [0.15, 0.2) is 0 Å². The number of nitrogens with one attached hydrogen (secondary N) is 2. The molecule has 0 saturated heterocycles. The number of hydrogen-bond acceptors (Lipinski definition) is 5. The number of amides is 1. The van der Waals surface area contributed by atoms with Gasteiger partial charge in [-0.3, -0.25) is 4.79 Å². The molecule has 1 heterocycles. The van der Waals surface area contributed by atoms with E-state index in [1.165, 1.54) is 5.56 Å². The minimum absolute atomic E-state index is 0.173. The first-order valence-electron chi connectivity index (χ1n) is 8.99. The average Bonchev–Trinajstić information content (AvgIpc) is 2.73. The fourth-order valence-corrected chi connectivity index (χ4v) is 2.53. The van der Waals surface area contributed by atoms with Crippen molar-refractivity contribution in [2.24, 2.45) is 0 Å². The summed E-state index contributed by atoms with van der Waals surface area (Å²) in [5.74, 6) is 1.94. The maximum absolute atomic E-state index is 12.4. The number of hydrogen-bond donors (Lipinski definition) is 2. The van der Waals surface area contributed by atoms with Crippen LogP contribution in [0.5, 0.6) is 11.5 Å². The lowest BCUT2D eigenvalue weighted by atomic mass is 10.2. The summed E-state index contributed by atoms with van der Waals surface area (Å²) in [5, 5.41) is 6.04. The Morgan fingerprint density at radius 1 is 1.00 bits per heavy atom. The molecule has 0 unspecified atom stereocenters. The maximum Gasteiger partial charge on any atom is 0.251 e. The van der Waals surface area contributed by atoms with E-state index in [0.717, 1.165) is 17.2 Å². The van der Waals surface area contributed by atoms with E-state index in [9.17, 15) is 4.79 Å². The van der Waals surface area contributed by atoms with Crippen LogP contribution < -0.4 is 20.1 Å². The molecule has 0 aliphatic carbocycles. The lowest BCUT2D eigenvalue weighted by Gasteiger charge is -2.10. The monoisotopic (exact) mass is 377 g/mol. The maximum atomic E-state index is 12.4. The fraction of sp³-hybridized carbons (Fsp3) is 0.182. The number of carbonyl (C=O) groups is 1. The van der Waals surface area contributed by atoms with E-state index in [1.54, 1.807) is 25.4 Å². The summed E-state index contributed by atoms with van der Waals surface area (Å²) in [7, 11) is 1.62. The zero-order valence-electron chi connectivity index (χ0n) is 15.9. The summed E-state index contributed by atoms with van der Waals surface area (Å²) >= 11 is 0. The highest BCUT2D eigenvalue weighted by atomic mass is 16.5. The van der Waals surface area contributed by atoms with Crippen LogP contribution in [0.25, 0.3) is 0 Å². The highest BCUT2D eigenvalue weighted by molar-refractivity contribution is 5.94. The highest BCUT2D eigenvalue weighted by Crippen LogP contribution is 2.17. The number of pyridine rings is 1. The molecule has 2 aromatic carbocycles. The molecular formula is C22H23N3O3. The zero-order valence-corrected chi connectivity index (χ0v) is 15.9. The number of rotatable bonds is 8. The standard InChI is InChI=1S/C22H23N3O3/c1-16-3-5-18(6-4-16)25-21-15-17(11-12-23-21)22(26)24-13-14-28-20-9-7-19(27-2)8-10-20/h3-12,15H,13-14H2,1-2H3,(H,23,25)(H,24,26). The van der Waals surface area contributed by atoms with Crippen LogP contribution in [-0.2, 0) is 0 Å². The van der Waals surface area contributed by atoms with Crippen molar-refractivity contribution in [3.05, 3.63) is 78.0 Å². The quantitative estimate of drug-likeness (QED) is 0.582. The number of ether oxygens (including phenoxy) is 2. The molecule has 28 heavy (non-hydrogen) atoms. The van der Waals surface area contributed by atoms with Crippen LogP contribution in [-0.4, -0.2) is 31.2 Å². The number of benzene rings is 2. The largest absolute Gasteiger partial charge is 0.497 e. The van der Waals surface area contributed by atoms with Crippen LogP contribution in [0.3, 0.4) is 0 Å². The lowest BCUT2D eigenvalue weighted by Crippen LogP contribution is -2.28. The Morgan fingerprint density at radius 3 is 2.43 bits per heavy atom. The van der Waals surface area contributed by atoms with Gasteiger partial charge in [-0.15, -0.1) is 0 Å². The van der Waals surface area contributed by atoms with Gasteiger partial charge in [0, 0.05) is 17.4 Å². The molecule has 0 fully saturated rings. The van der Waals surface area contributed by atoms with Gasteiger partial charge in [-0.05, 0) is 55.5 Å². The van der Waals surface area contributed by atoms with Crippen molar-refractivity contribution < 1.29 is 14.3 Å². The van der Waals surface area contributed by atoms with Crippen LogP contribution in [0.15, 0.2) is 66.9 Å². The topological polar surface area (TPSA) is 72.5 Å². The van der Waals surface area contributed by atoms with Crippen LogP contribution in [0.4, 0.5) is 11.5 Å². The number of methoxy groups -OCH3 is 1. The Balaban J connectivity index is 1.49. The average molecular weight is 377 g/mol. The molecule has 2 N–H and O–H groups in total. The van der Waals surface area contributed by atoms with E-state index in [1.807, 2.05) is 55.5 Å². The van der Waals surface area contributed by atoms with Crippen LogP contribution in [0.1, 0.15) is 15.9 Å². The fourth-order valence-electron chi connectivity index (χ4n) is 2.53. The minimum Gasteiger partial charge on any atom is -0.497 e. The Hall–Kier alpha value is -3.54. The van der Waals surface area contributed by atoms with Gasteiger partial charge in [0.05, 0.1) is 13.7 Å². The summed E-state index contributed by atoms with van der Waals surface area (Å²) in [6.07, 6.45) is 1.61. The van der Waals surface area contributed by atoms with Gasteiger partial charge < -0.3 is 20.1 Å². The van der Waals surface area contributed by atoms with E-state index in [0.29, 0.717) is 24.5 Å². The van der Waals surface area contributed by atoms with E-state index >= 15 is 0 Å². The second-order valence-electron chi connectivity index (χ2n) is 6.20. The normalized spacial score (nSPS) is 10.2. The Kier molecular flexibility index (Phi) is 6.46. The van der Waals surface area contributed by atoms with Crippen molar-refractivity contribution in [3.8, 4) is 11.5 Å². The molecule has 0 aliphatic rings. The first-order chi connectivity index (χ1) is 13.6. The number of nitrogens with zero attached hydrogens (tertiary/aromatic N) is 1. The molecule has 3 aromatic rings. The number of aromatic nitrogens is 1. The van der Waals surface area contributed by atoms with Crippen LogP contribution in [0.2, 0.25) is 0 Å². The zero-order chi connectivity index (χ0) is 19.8. The molecule has 6 heteroatoms. The van der Waals surface area contributed by atoms with Crippen molar-refractivity contribution in [1.29, 1.82) is 0 Å². The third-order valence-corrected chi connectivity index (χ3v) is 4.06. The van der Waals surface area contributed by atoms with Gasteiger partial charge in [0.2, 0.25) is 0 Å². The molecule has 0 atom stereocenters. The minimum atomic E-state index is -0.173. The van der Waals surface area contributed by atoms with Crippen molar-refractivity contribution in [1.82, 2.24) is 10.3 Å². The van der Waals surface area contributed by atoms with Gasteiger partial charge in [0.1, 0.15) is 23.9 Å². The Labute approximate surface area is 164 Å². The number of aryl methyl sites for hydroxylation is 1. The molecule has 1 aromatic heterocycles. The van der Waals surface area contributed by atoms with Gasteiger partial charge >= 0.3 is 0 Å². The predicted molar refractivity (Wildman–Crippen MR) is 110 cm³/mol. The second-order valence-corrected chi connectivity index (χ2v) is 6.20. The molecule has 0 bridgehead atoms. The number of carbonyl (C=O) groups excluding carboxylic acids is 1. The molecule has 6 nitrogen and oxygen atoms in total. The van der Waals surface area contributed by atoms with Crippen LogP contribution >= 0.6 is 0 Å². The first kappa shape index (κ1) is 19.2. The first-order valence-corrected chi connectivity index (χ1v) is 8.99. The molecule has 144 valence electrons. The van der Waals surface area contributed by atoms with Gasteiger partial charge in [0.25, 0.3) is 5.91 Å². The van der Waals surface area contributed by atoms with Crippen LogP contribution in [0, 0.1) is 6.92 Å². The molecular weight excluding hydrogens is 354 g/mol. The van der Waals surface area contributed by atoms with Crippen molar-refractivity contribution in [3.63, 3.8) is 0 Å². The van der Waals surface area contributed by atoms with Gasteiger partial charge in [-0.1, -0.05) is 17.7 Å². The summed E-state index contributed by atoms with van der Waals surface area (Å²) in [4.78, 5) is 16.6. The van der Waals surface area contributed by atoms with Crippen molar-refractivity contribution in [2.75, 3.05) is 25.6 Å². The van der Waals surface area contributed by atoms with Gasteiger partial charge in [-0.25, -0.2) is 4.98 Å². The van der Waals surface area contributed by atoms with Crippen molar-refractivity contribution in [2.45, 2.75) is 6.92 Å². The smallest absolute Gasteiger partial charge is 0.251 e. The lowest BCUT2D eigenvalue weighted by molar-refractivity contribution is 0.0947. The van der Waals surface area contributed by atoms with E-state index in [4.69, 9.17) is 9.47 Å². The summed E-state index contributed by atoms with van der Waals surface area (Å²) in [5.41, 5.74) is 2.64. The van der Waals surface area contributed by atoms with E-state index in [2.05, 4.69) is 15.6 Å². The SMILES string of the molecule is COc1ccc(OCCNC(=O)c2ccnc(Nc3ccc(C)cc3)c2)cc1. The Bertz CT molecular complexity index is 909. The van der Waals surface area contributed by atoms with E-state index < -0.39 is 0 Å². The third-order valence-electron chi connectivity index (χ3n) is 4.06. The predicted octanol–water partition coefficient (Wildman–Crippen LogP) is 3.95. The molecule has 3 rings (SSSR count). The molecule has 0 saturated carbocycles. The second kappa shape index (κ2) is 9.41. The molecule has 0 spiro atoms. The molecule has 0 radical (unpaired) electrons. The summed E-state index contributed by atoms with van der Waals surface area (Å²) < 4.78 is 10.7. The van der Waals surface area contributed by atoms with E-state index in [-0.39, 0.29) is 5.91 Å².